The standard InChI is InChI=1S/C10H16O7Si/c1-7(2)10(13)15-6-18(14-5,16-8(3)11)17-9(4)12/h1,6H2,2-5H3. The minimum absolute atomic E-state index is 0.166. The third-order valence-corrected chi connectivity index (χ3v) is 3.95. The summed E-state index contributed by atoms with van der Waals surface area (Å²) < 4.78 is 19.5. The molecular formula is C10H16O7Si. The second kappa shape index (κ2) is 6.92. The van der Waals surface area contributed by atoms with Crippen LogP contribution in [-0.4, -0.2) is 40.1 Å². The first kappa shape index (κ1) is 16.3. The summed E-state index contributed by atoms with van der Waals surface area (Å²) in [4.78, 5) is 33.2. The minimum Gasteiger partial charge on any atom is -0.463 e. The predicted molar refractivity (Wildman–Crippen MR) is 62.1 cm³/mol. The van der Waals surface area contributed by atoms with E-state index in [1.165, 1.54) is 14.0 Å². The molecule has 0 atom stereocenters. The maximum absolute atomic E-state index is 11.2. The molecule has 0 N–H and O–H groups in total. The first-order valence-corrected chi connectivity index (χ1v) is 6.92. The molecule has 0 fully saturated rings. The molecule has 0 spiro atoms. The highest BCUT2D eigenvalue weighted by molar-refractivity contribution is 6.64. The molecule has 102 valence electrons. The van der Waals surface area contributed by atoms with Crippen LogP contribution in [0.15, 0.2) is 12.2 Å². The Hall–Kier alpha value is -1.67. The van der Waals surface area contributed by atoms with E-state index in [9.17, 15) is 14.4 Å². The summed E-state index contributed by atoms with van der Waals surface area (Å²) in [5.41, 5.74) is 0.166. The molecule has 0 radical (unpaired) electrons. The quantitative estimate of drug-likeness (QED) is 0.393. The average Bonchev–Trinajstić information content (AvgIpc) is 2.23. The number of rotatable bonds is 6. The van der Waals surface area contributed by atoms with Gasteiger partial charge in [-0.15, -0.1) is 0 Å². The normalized spacial score (nSPS) is 10.4. The number of hydrogen-bond donors (Lipinski definition) is 0. The van der Waals surface area contributed by atoms with Crippen molar-refractivity contribution in [2.75, 3.05) is 13.3 Å². The van der Waals surface area contributed by atoms with Crippen molar-refractivity contribution in [3.05, 3.63) is 12.2 Å². The fraction of sp³-hybridized carbons (Fsp3) is 0.500. The monoisotopic (exact) mass is 276 g/mol. The van der Waals surface area contributed by atoms with Gasteiger partial charge in [-0.2, -0.15) is 0 Å². The van der Waals surface area contributed by atoms with Crippen molar-refractivity contribution in [3.8, 4) is 0 Å². The zero-order chi connectivity index (χ0) is 14.3. The third-order valence-electron chi connectivity index (χ3n) is 1.64. The van der Waals surface area contributed by atoms with Gasteiger partial charge >= 0.3 is 14.8 Å². The summed E-state index contributed by atoms with van der Waals surface area (Å²) in [6.07, 6.45) is -0.450. The maximum Gasteiger partial charge on any atom is 0.675 e. The highest BCUT2D eigenvalue weighted by Gasteiger charge is 2.49. The van der Waals surface area contributed by atoms with E-state index < -0.39 is 32.9 Å². The van der Waals surface area contributed by atoms with Crippen LogP contribution < -0.4 is 0 Å². The maximum atomic E-state index is 11.2. The number of ether oxygens (including phenoxy) is 1. The molecule has 0 aliphatic heterocycles. The highest BCUT2D eigenvalue weighted by Crippen LogP contribution is 2.11. The van der Waals surface area contributed by atoms with Crippen LogP contribution in [0.1, 0.15) is 20.8 Å². The van der Waals surface area contributed by atoms with Crippen molar-refractivity contribution in [1.82, 2.24) is 0 Å². The molecule has 0 aliphatic carbocycles. The summed E-state index contributed by atoms with van der Waals surface area (Å²) in [6, 6.07) is 0. The molecule has 0 aliphatic rings. The van der Waals surface area contributed by atoms with Gasteiger partial charge in [-0.25, -0.2) is 4.79 Å². The van der Waals surface area contributed by atoms with Crippen LogP contribution in [0.25, 0.3) is 0 Å². The Bertz CT molecular complexity index is 347. The Morgan fingerprint density at radius 2 is 1.50 bits per heavy atom. The molecular weight excluding hydrogens is 260 g/mol. The van der Waals surface area contributed by atoms with Crippen molar-refractivity contribution < 1.29 is 32.4 Å². The van der Waals surface area contributed by atoms with Crippen LogP contribution in [0.4, 0.5) is 0 Å². The van der Waals surface area contributed by atoms with Crippen LogP contribution in [0.5, 0.6) is 0 Å². The van der Waals surface area contributed by atoms with Gasteiger partial charge in [-0.1, -0.05) is 6.58 Å². The lowest BCUT2D eigenvalue weighted by atomic mass is 10.4. The van der Waals surface area contributed by atoms with Gasteiger partial charge in [0.1, 0.15) is 0 Å². The topological polar surface area (TPSA) is 88.1 Å². The molecule has 0 aromatic rings. The van der Waals surface area contributed by atoms with Gasteiger partial charge in [0.25, 0.3) is 11.9 Å². The molecule has 0 heterocycles. The van der Waals surface area contributed by atoms with Gasteiger partial charge in [0.15, 0.2) is 6.23 Å². The van der Waals surface area contributed by atoms with Crippen molar-refractivity contribution in [1.29, 1.82) is 0 Å². The van der Waals surface area contributed by atoms with Gasteiger partial charge in [-0.05, 0) is 6.92 Å². The molecule has 0 bridgehead atoms. The number of carbonyl (C=O) groups is 3. The SMILES string of the molecule is C=C(C)C(=O)OC[Si](OC)(OC(C)=O)OC(C)=O. The molecule has 8 heteroatoms. The fourth-order valence-electron chi connectivity index (χ4n) is 0.937. The van der Waals surface area contributed by atoms with E-state index in [2.05, 4.69) is 6.58 Å². The van der Waals surface area contributed by atoms with E-state index >= 15 is 0 Å². The van der Waals surface area contributed by atoms with Crippen LogP contribution in [-0.2, 0) is 32.4 Å². The van der Waals surface area contributed by atoms with E-state index in [1.54, 1.807) is 0 Å². The fourth-order valence-corrected chi connectivity index (χ4v) is 2.56. The first-order valence-electron chi connectivity index (χ1n) is 4.99. The Balaban J connectivity index is 4.83. The summed E-state index contributed by atoms with van der Waals surface area (Å²) >= 11 is 0. The number of esters is 1. The summed E-state index contributed by atoms with van der Waals surface area (Å²) in [5.74, 6) is -2.09. The molecule has 0 aromatic heterocycles. The van der Waals surface area contributed by atoms with Crippen LogP contribution >= 0.6 is 0 Å². The second-order valence-electron chi connectivity index (χ2n) is 3.43. The van der Waals surface area contributed by atoms with E-state index in [4.69, 9.17) is 18.0 Å². The zero-order valence-corrected chi connectivity index (χ0v) is 11.8. The molecule has 0 amide bonds. The first-order chi connectivity index (χ1) is 8.22. The van der Waals surface area contributed by atoms with Gasteiger partial charge in [-0.3, -0.25) is 9.59 Å². The molecule has 0 unspecified atom stereocenters. The Kier molecular flexibility index (Phi) is 6.27. The second-order valence-corrected chi connectivity index (χ2v) is 5.90. The molecule has 0 saturated carbocycles. The van der Waals surface area contributed by atoms with E-state index in [1.807, 2.05) is 0 Å². The molecule has 18 heavy (non-hydrogen) atoms. The molecule has 0 aromatic carbocycles. The lowest BCUT2D eigenvalue weighted by Crippen LogP contribution is -2.52. The lowest BCUT2D eigenvalue weighted by molar-refractivity contribution is -0.148. The lowest BCUT2D eigenvalue weighted by Gasteiger charge is -2.25. The minimum atomic E-state index is -3.69. The number of carbonyl (C=O) groups excluding carboxylic acids is 3. The van der Waals surface area contributed by atoms with Gasteiger partial charge in [0, 0.05) is 26.5 Å². The van der Waals surface area contributed by atoms with Gasteiger partial charge < -0.3 is 18.0 Å². The van der Waals surface area contributed by atoms with Crippen molar-refractivity contribution >= 4 is 26.7 Å². The predicted octanol–water partition coefficient (Wildman–Crippen LogP) is 0.356. The highest BCUT2D eigenvalue weighted by atomic mass is 28.4. The Morgan fingerprint density at radius 1 is 1.06 bits per heavy atom. The summed E-state index contributed by atoms with van der Waals surface area (Å²) in [5, 5.41) is 0. The van der Waals surface area contributed by atoms with E-state index in [-0.39, 0.29) is 5.57 Å². The van der Waals surface area contributed by atoms with E-state index in [0.29, 0.717) is 0 Å². The van der Waals surface area contributed by atoms with Crippen LogP contribution in [0.2, 0.25) is 0 Å². The number of hydrogen-bond acceptors (Lipinski definition) is 7. The molecule has 7 nitrogen and oxygen atoms in total. The van der Waals surface area contributed by atoms with Gasteiger partial charge in [0.05, 0.1) is 0 Å². The molecule has 0 saturated heterocycles. The van der Waals surface area contributed by atoms with Gasteiger partial charge in [0.2, 0.25) is 0 Å². The van der Waals surface area contributed by atoms with Crippen molar-refractivity contribution in [2.45, 2.75) is 20.8 Å². The summed E-state index contributed by atoms with van der Waals surface area (Å²) in [6.45, 7) is 7.10. The average molecular weight is 276 g/mol. The Labute approximate surface area is 106 Å². The molecule has 0 rings (SSSR count). The third kappa shape index (κ3) is 5.59. The summed E-state index contributed by atoms with van der Waals surface area (Å²) in [7, 11) is -2.49. The Morgan fingerprint density at radius 3 is 1.78 bits per heavy atom. The van der Waals surface area contributed by atoms with Crippen molar-refractivity contribution in [3.63, 3.8) is 0 Å². The zero-order valence-electron chi connectivity index (χ0n) is 10.8. The van der Waals surface area contributed by atoms with Crippen LogP contribution in [0, 0.1) is 0 Å². The van der Waals surface area contributed by atoms with Crippen LogP contribution in [0.3, 0.4) is 0 Å². The van der Waals surface area contributed by atoms with E-state index in [0.717, 1.165) is 13.8 Å². The van der Waals surface area contributed by atoms with Crippen molar-refractivity contribution in [2.24, 2.45) is 0 Å². The smallest absolute Gasteiger partial charge is 0.463 e. The largest absolute Gasteiger partial charge is 0.675 e.